The van der Waals surface area contributed by atoms with Crippen LogP contribution < -0.4 is 16.3 Å². The van der Waals surface area contributed by atoms with Gasteiger partial charge in [-0.05, 0) is 43.3 Å². The number of carbonyl (C=O) groups is 1. The standard InChI is InChI=1S/C28H18ClF7N6O2/c1-11-37-22-15(7-13(33)8-16(22)28(34,35)36)25(38-11)39-18-9-19-24(42(10-31)27(44)41(19)5-4-30)21-20(18)23(40-26(21)43)14-6-12(32)2-3-17(14)29/h2-3,6-9,23H,4-5,10H2,1H3,(H,40,43)(H,37,38,39). The predicted octanol–water partition coefficient (Wildman–Crippen LogP) is 6.48. The van der Waals surface area contributed by atoms with Gasteiger partial charge in [-0.1, -0.05) is 11.6 Å². The summed E-state index contributed by atoms with van der Waals surface area (Å²) in [5, 5.41) is 5.10. The van der Waals surface area contributed by atoms with Crippen LogP contribution in [-0.2, 0) is 19.5 Å². The van der Waals surface area contributed by atoms with Crippen LogP contribution in [0, 0.1) is 18.6 Å². The molecule has 0 spiro atoms. The number of halogens is 8. The maximum absolute atomic E-state index is 14.5. The van der Waals surface area contributed by atoms with Crippen molar-refractivity contribution in [3.05, 3.63) is 91.6 Å². The van der Waals surface area contributed by atoms with Gasteiger partial charge in [0, 0.05) is 27.2 Å². The van der Waals surface area contributed by atoms with Crippen LogP contribution in [0.5, 0.6) is 0 Å². The van der Waals surface area contributed by atoms with Crippen molar-refractivity contribution in [1.82, 2.24) is 24.4 Å². The lowest BCUT2D eigenvalue weighted by molar-refractivity contribution is -0.136. The lowest BCUT2D eigenvalue weighted by Crippen LogP contribution is -2.24. The Morgan fingerprint density at radius 3 is 2.45 bits per heavy atom. The number of anilines is 2. The zero-order chi connectivity index (χ0) is 31.7. The van der Waals surface area contributed by atoms with Gasteiger partial charge in [0.1, 0.15) is 30.0 Å². The van der Waals surface area contributed by atoms with Crippen molar-refractivity contribution < 1.29 is 35.5 Å². The quantitative estimate of drug-likeness (QED) is 0.208. The Labute approximate surface area is 247 Å². The molecule has 0 saturated heterocycles. The lowest BCUT2D eigenvalue weighted by Gasteiger charge is -2.20. The van der Waals surface area contributed by atoms with E-state index in [0.29, 0.717) is 10.6 Å². The summed E-state index contributed by atoms with van der Waals surface area (Å²) in [6.07, 6.45) is -4.98. The van der Waals surface area contributed by atoms with E-state index in [4.69, 9.17) is 11.6 Å². The molecule has 1 aliphatic heterocycles. The first-order chi connectivity index (χ1) is 20.8. The van der Waals surface area contributed by atoms with Crippen molar-refractivity contribution >= 4 is 50.9 Å². The number of amides is 1. The summed E-state index contributed by atoms with van der Waals surface area (Å²) in [7, 11) is 0. The van der Waals surface area contributed by atoms with Gasteiger partial charge in [0.25, 0.3) is 5.91 Å². The van der Waals surface area contributed by atoms with Crippen LogP contribution in [0.15, 0.2) is 41.2 Å². The second kappa shape index (κ2) is 10.5. The van der Waals surface area contributed by atoms with E-state index in [9.17, 15) is 40.3 Å². The molecule has 5 aromatic rings. The van der Waals surface area contributed by atoms with E-state index in [2.05, 4.69) is 20.6 Å². The molecule has 0 radical (unpaired) electrons. The molecule has 0 fully saturated rings. The van der Waals surface area contributed by atoms with Crippen molar-refractivity contribution in [3.8, 4) is 0 Å². The van der Waals surface area contributed by atoms with Gasteiger partial charge < -0.3 is 10.6 Å². The number of aryl methyl sites for hydroxylation is 2. The highest BCUT2D eigenvalue weighted by Gasteiger charge is 2.39. The van der Waals surface area contributed by atoms with Crippen LogP contribution in [-0.4, -0.2) is 31.7 Å². The van der Waals surface area contributed by atoms with Crippen molar-refractivity contribution in [3.63, 3.8) is 0 Å². The Morgan fingerprint density at radius 2 is 1.77 bits per heavy atom. The summed E-state index contributed by atoms with van der Waals surface area (Å²) in [5.41, 5.74) is -3.50. The zero-order valence-electron chi connectivity index (χ0n) is 22.3. The number of rotatable bonds is 6. The number of hydrogen-bond acceptors (Lipinski definition) is 5. The van der Waals surface area contributed by atoms with E-state index in [1.165, 1.54) is 19.1 Å². The molecular weight excluding hydrogens is 621 g/mol. The van der Waals surface area contributed by atoms with Gasteiger partial charge in [0.05, 0.1) is 40.3 Å². The summed E-state index contributed by atoms with van der Waals surface area (Å²) in [6.45, 7) is -1.63. The third-order valence-corrected chi connectivity index (χ3v) is 7.61. The second-order valence-electron chi connectivity index (χ2n) is 9.92. The number of alkyl halides is 5. The van der Waals surface area contributed by atoms with Crippen LogP contribution >= 0.6 is 11.6 Å². The molecule has 3 aromatic carbocycles. The molecule has 1 amide bonds. The van der Waals surface area contributed by atoms with Crippen LogP contribution in [0.2, 0.25) is 5.02 Å². The minimum absolute atomic E-state index is 0.00598. The molecule has 16 heteroatoms. The summed E-state index contributed by atoms with van der Waals surface area (Å²) in [4.78, 5) is 34.6. The third kappa shape index (κ3) is 4.62. The lowest BCUT2D eigenvalue weighted by atomic mass is 9.95. The summed E-state index contributed by atoms with van der Waals surface area (Å²) < 4.78 is 99.7. The summed E-state index contributed by atoms with van der Waals surface area (Å²) in [5.74, 6) is -3.23. The van der Waals surface area contributed by atoms with E-state index < -0.39 is 66.5 Å². The highest BCUT2D eigenvalue weighted by molar-refractivity contribution is 6.31. The minimum Gasteiger partial charge on any atom is -0.341 e. The number of nitrogens with one attached hydrogen (secondary N) is 2. The highest BCUT2D eigenvalue weighted by Crippen LogP contribution is 2.44. The van der Waals surface area contributed by atoms with Gasteiger partial charge in [0.15, 0.2) is 6.80 Å². The van der Waals surface area contributed by atoms with Crippen LogP contribution in [0.4, 0.5) is 42.2 Å². The summed E-state index contributed by atoms with van der Waals surface area (Å²) in [6, 6.07) is 4.48. The normalized spacial score (nSPS) is 14.8. The molecule has 1 atom stereocenters. The molecule has 2 aromatic heterocycles. The highest BCUT2D eigenvalue weighted by atomic mass is 35.5. The van der Waals surface area contributed by atoms with Crippen molar-refractivity contribution in [1.29, 1.82) is 0 Å². The Balaban J connectivity index is 1.70. The van der Waals surface area contributed by atoms with Gasteiger partial charge in [-0.25, -0.2) is 32.3 Å². The third-order valence-electron chi connectivity index (χ3n) is 7.27. The Bertz CT molecular complexity index is 2080. The summed E-state index contributed by atoms with van der Waals surface area (Å²) >= 11 is 6.36. The van der Waals surface area contributed by atoms with Crippen molar-refractivity contribution in [2.24, 2.45) is 0 Å². The number of imidazole rings is 1. The van der Waals surface area contributed by atoms with E-state index in [0.717, 1.165) is 22.8 Å². The van der Waals surface area contributed by atoms with Crippen LogP contribution in [0.1, 0.15) is 38.9 Å². The fourth-order valence-electron chi connectivity index (χ4n) is 5.53. The van der Waals surface area contributed by atoms with Crippen LogP contribution in [0.3, 0.4) is 0 Å². The van der Waals surface area contributed by atoms with Gasteiger partial charge in [-0.15, -0.1) is 0 Å². The van der Waals surface area contributed by atoms with E-state index in [1.54, 1.807) is 0 Å². The second-order valence-corrected chi connectivity index (χ2v) is 10.3. The SMILES string of the molecule is Cc1nc(Nc2cc3c(c4c2C(c2cc(F)ccc2Cl)NC4=O)n(CF)c(=O)n3CCF)c2cc(F)cc(C(F)(F)F)c2n1. The van der Waals surface area contributed by atoms with Gasteiger partial charge in [-0.3, -0.25) is 13.9 Å². The predicted molar refractivity (Wildman–Crippen MR) is 147 cm³/mol. The number of nitrogens with zero attached hydrogens (tertiary/aromatic N) is 4. The number of fused-ring (bicyclic) bond motifs is 4. The maximum atomic E-state index is 14.5. The Hall–Kier alpha value is -4.66. The monoisotopic (exact) mass is 638 g/mol. The maximum Gasteiger partial charge on any atom is 0.418 e. The Kier molecular flexibility index (Phi) is 7.02. The fourth-order valence-corrected chi connectivity index (χ4v) is 5.76. The number of benzene rings is 3. The van der Waals surface area contributed by atoms with E-state index >= 15 is 0 Å². The molecule has 1 unspecified atom stereocenters. The molecule has 44 heavy (non-hydrogen) atoms. The molecule has 228 valence electrons. The first-order valence-electron chi connectivity index (χ1n) is 12.8. The molecule has 2 N–H and O–H groups in total. The first-order valence-corrected chi connectivity index (χ1v) is 13.2. The van der Waals surface area contributed by atoms with Crippen LogP contribution in [0.25, 0.3) is 21.9 Å². The molecule has 0 saturated carbocycles. The topological polar surface area (TPSA) is 93.8 Å². The molecule has 6 rings (SSSR count). The average Bonchev–Trinajstić information content (AvgIpc) is 3.43. The van der Waals surface area contributed by atoms with Gasteiger partial charge in [-0.2, -0.15) is 13.2 Å². The number of hydrogen-bond donors (Lipinski definition) is 2. The van der Waals surface area contributed by atoms with Crippen molar-refractivity contribution in [2.45, 2.75) is 32.5 Å². The molecule has 1 aliphatic rings. The molecule has 8 nitrogen and oxygen atoms in total. The van der Waals surface area contributed by atoms with E-state index in [-0.39, 0.29) is 55.5 Å². The molecular formula is C28H18ClF7N6O2. The molecule has 0 bridgehead atoms. The molecule has 0 aliphatic carbocycles. The minimum atomic E-state index is -4.98. The average molecular weight is 639 g/mol. The number of carbonyl (C=O) groups excluding carboxylic acids is 1. The van der Waals surface area contributed by atoms with Crippen molar-refractivity contribution in [2.75, 3.05) is 12.0 Å². The smallest absolute Gasteiger partial charge is 0.341 e. The zero-order valence-corrected chi connectivity index (χ0v) is 23.0. The fraction of sp³-hybridized carbons (Fsp3) is 0.214. The van der Waals surface area contributed by atoms with Gasteiger partial charge in [0.2, 0.25) is 0 Å². The molecule has 3 heterocycles. The van der Waals surface area contributed by atoms with E-state index in [1.807, 2.05) is 0 Å². The number of aromatic nitrogens is 4. The first kappa shape index (κ1) is 29.4. The Morgan fingerprint density at radius 1 is 1.02 bits per heavy atom. The van der Waals surface area contributed by atoms with Gasteiger partial charge >= 0.3 is 11.9 Å². The largest absolute Gasteiger partial charge is 0.418 e.